The van der Waals surface area contributed by atoms with Gasteiger partial charge in [-0.05, 0) is 24.3 Å². The van der Waals surface area contributed by atoms with Crippen LogP contribution in [0.2, 0.25) is 0 Å². The molecule has 0 aliphatic carbocycles. The zero-order chi connectivity index (χ0) is 20.3. The van der Waals surface area contributed by atoms with Gasteiger partial charge in [-0.15, -0.1) is 0 Å². The van der Waals surface area contributed by atoms with Gasteiger partial charge in [0.1, 0.15) is 23.0 Å². The Morgan fingerprint density at radius 1 is 1.19 bits per heavy atom. The lowest BCUT2D eigenvalue weighted by atomic mass is 10.1. The summed E-state index contributed by atoms with van der Waals surface area (Å²) in [5.41, 5.74) is -1.65. The average molecular weight is 379 g/mol. The van der Waals surface area contributed by atoms with Gasteiger partial charge < -0.3 is 15.0 Å². The van der Waals surface area contributed by atoms with Crippen LogP contribution >= 0.6 is 0 Å². The van der Waals surface area contributed by atoms with Crippen LogP contribution in [0, 0.1) is 21.7 Å². The zero-order valence-corrected chi connectivity index (χ0v) is 14.6. The lowest BCUT2D eigenvalue weighted by Gasteiger charge is -2.15. The predicted octanol–water partition coefficient (Wildman–Crippen LogP) is 3.12. The van der Waals surface area contributed by atoms with Crippen molar-refractivity contribution >= 4 is 28.9 Å². The van der Waals surface area contributed by atoms with Crippen LogP contribution in [0.25, 0.3) is 0 Å². The molecule has 2 rings (SSSR count). The van der Waals surface area contributed by atoms with Gasteiger partial charge >= 0.3 is 11.7 Å². The Labute approximate surface area is 152 Å². The van der Waals surface area contributed by atoms with E-state index in [2.05, 4.69) is 5.32 Å². The number of carbonyl (C=O) groups excluding carboxylic acids is 2. The van der Waals surface area contributed by atoms with Crippen LogP contribution in [-0.4, -0.2) is 30.9 Å². The molecule has 0 unspecified atom stereocenters. The Morgan fingerprint density at radius 2 is 1.78 bits per heavy atom. The van der Waals surface area contributed by atoms with E-state index < -0.39 is 45.4 Å². The van der Waals surface area contributed by atoms with E-state index in [1.54, 1.807) is 0 Å². The molecular formula is C17H15F2N3O5. The summed E-state index contributed by atoms with van der Waals surface area (Å²) in [6, 6.07) is 5.23. The Bertz CT molecular complexity index is 908. The van der Waals surface area contributed by atoms with Crippen LogP contribution in [0.15, 0.2) is 30.3 Å². The number of amides is 1. The summed E-state index contributed by atoms with van der Waals surface area (Å²) in [6.07, 6.45) is 0. The molecule has 2 aromatic rings. The first kappa shape index (κ1) is 19.8. The lowest BCUT2D eigenvalue weighted by Crippen LogP contribution is -2.16. The topological polar surface area (TPSA) is 102 Å². The van der Waals surface area contributed by atoms with E-state index in [0.717, 1.165) is 25.1 Å². The van der Waals surface area contributed by atoms with Gasteiger partial charge in [0, 0.05) is 21.0 Å². The van der Waals surface area contributed by atoms with E-state index in [1.165, 1.54) is 31.1 Å². The number of rotatable bonds is 5. The van der Waals surface area contributed by atoms with Crippen molar-refractivity contribution in [1.29, 1.82) is 0 Å². The van der Waals surface area contributed by atoms with Crippen LogP contribution < -0.4 is 15.0 Å². The molecule has 0 saturated carbocycles. The number of nitro benzene ring substituents is 1. The summed E-state index contributed by atoms with van der Waals surface area (Å²) in [5, 5.41) is 13.6. The van der Waals surface area contributed by atoms with E-state index in [9.17, 15) is 28.5 Å². The van der Waals surface area contributed by atoms with Crippen LogP contribution in [0.5, 0.6) is 5.75 Å². The summed E-state index contributed by atoms with van der Waals surface area (Å²) in [4.78, 5) is 35.1. The van der Waals surface area contributed by atoms with Gasteiger partial charge in [-0.3, -0.25) is 14.9 Å². The second kappa shape index (κ2) is 7.77. The minimum Gasteiger partial charge on any atom is -0.415 e. The highest BCUT2D eigenvalue weighted by Gasteiger charge is 2.25. The molecule has 0 aliphatic heterocycles. The number of hydrogen-bond acceptors (Lipinski definition) is 6. The molecule has 0 aromatic heterocycles. The number of benzene rings is 2. The molecule has 27 heavy (non-hydrogen) atoms. The van der Waals surface area contributed by atoms with E-state index in [-0.39, 0.29) is 11.4 Å². The number of esters is 1. The quantitative estimate of drug-likeness (QED) is 0.371. The second-order valence-corrected chi connectivity index (χ2v) is 5.66. The fourth-order valence-electron chi connectivity index (χ4n) is 2.35. The van der Waals surface area contributed by atoms with E-state index in [1.807, 2.05) is 0 Å². The molecule has 0 bridgehead atoms. The normalized spacial score (nSPS) is 10.3. The Kier molecular flexibility index (Phi) is 5.69. The first-order chi connectivity index (χ1) is 12.6. The molecular weight excluding hydrogens is 364 g/mol. The average Bonchev–Trinajstić information content (AvgIpc) is 2.52. The van der Waals surface area contributed by atoms with Crippen molar-refractivity contribution < 1.29 is 28.0 Å². The van der Waals surface area contributed by atoms with Crippen molar-refractivity contribution in [2.45, 2.75) is 6.92 Å². The number of carbonyl (C=O) groups is 2. The smallest absolute Gasteiger partial charge is 0.343 e. The fourth-order valence-corrected chi connectivity index (χ4v) is 2.35. The number of nitrogens with one attached hydrogen (secondary N) is 1. The Balaban J connectivity index is 2.41. The number of para-hydroxylation sites is 1. The zero-order valence-electron chi connectivity index (χ0n) is 14.6. The van der Waals surface area contributed by atoms with E-state index in [4.69, 9.17) is 4.74 Å². The minimum absolute atomic E-state index is 0.182. The number of ether oxygens (including phenoxy) is 1. The van der Waals surface area contributed by atoms with Gasteiger partial charge in [-0.1, -0.05) is 6.07 Å². The van der Waals surface area contributed by atoms with Gasteiger partial charge in [0.25, 0.3) is 0 Å². The van der Waals surface area contributed by atoms with Gasteiger partial charge in [-0.2, -0.15) is 0 Å². The molecule has 10 heteroatoms. The SMILES string of the molecule is CC(=O)Nc1cccc(OC(=O)c2cc(F)c(N(C)C)c(F)c2)c1[N+](=O)[O-]. The first-order valence-corrected chi connectivity index (χ1v) is 7.55. The maximum Gasteiger partial charge on any atom is 0.343 e. The molecule has 142 valence electrons. The third-order valence-electron chi connectivity index (χ3n) is 3.39. The molecule has 1 amide bonds. The largest absolute Gasteiger partial charge is 0.415 e. The summed E-state index contributed by atoms with van der Waals surface area (Å²) in [7, 11) is 2.85. The summed E-state index contributed by atoms with van der Waals surface area (Å²) >= 11 is 0. The number of nitrogens with zero attached hydrogens (tertiary/aromatic N) is 2. The lowest BCUT2D eigenvalue weighted by molar-refractivity contribution is -0.384. The maximum atomic E-state index is 14.0. The van der Waals surface area contributed by atoms with Crippen LogP contribution in [0.3, 0.4) is 0 Å². The molecule has 0 atom stereocenters. The number of halogens is 2. The molecule has 2 aromatic carbocycles. The minimum atomic E-state index is -1.19. The molecule has 1 N–H and O–H groups in total. The van der Waals surface area contributed by atoms with Crippen molar-refractivity contribution in [3.8, 4) is 5.75 Å². The van der Waals surface area contributed by atoms with Gasteiger partial charge in [0.15, 0.2) is 0 Å². The summed E-state index contributed by atoms with van der Waals surface area (Å²) < 4.78 is 33.0. The summed E-state index contributed by atoms with van der Waals surface area (Å²) in [6.45, 7) is 1.15. The molecule has 0 heterocycles. The van der Waals surface area contributed by atoms with Gasteiger partial charge in [0.2, 0.25) is 11.7 Å². The van der Waals surface area contributed by atoms with E-state index >= 15 is 0 Å². The van der Waals surface area contributed by atoms with E-state index in [0.29, 0.717) is 0 Å². The Morgan fingerprint density at radius 3 is 2.26 bits per heavy atom. The molecule has 0 saturated heterocycles. The monoisotopic (exact) mass is 379 g/mol. The van der Waals surface area contributed by atoms with Crippen LogP contribution in [-0.2, 0) is 4.79 Å². The molecule has 0 aliphatic rings. The molecule has 0 radical (unpaired) electrons. The standard InChI is InChI=1S/C17H15F2N3O5/c1-9(23)20-13-5-4-6-14(16(13)22(25)26)27-17(24)10-7-11(18)15(21(2)3)12(19)8-10/h4-8H,1-3H3,(H,20,23). The molecule has 0 spiro atoms. The van der Waals surface area contributed by atoms with Gasteiger partial charge in [-0.25, -0.2) is 13.6 Å². The highest BCUT2D eigenvalue weighted by Crippen LogP contribution is 2.35. The third-order valence-corrected chi connectivity index (χ3v) is 3.39. The number of nitro groups is 1. The molecule has 0 fully saturated rings. The highest BCUT2D eigenvalue weighted by molar-refractivity contribution is 5.95. The number of hydrogen-bond donors (Lipinski definition) is 1. The third kappa shape index (κ3) is 4.35. The second-order valence-electron chi connectivity index (χ2n) is 5.66. The van der Waals surface area contributed by atoms with Crippen molar-refractivity contribution in [2.24, 2.45) is 0 Å². The molecule has 8 nitrogen and oxygen atoms in total. The van der Waals surface area contributed by atoms with Crippen molar-refractivity contribution in [1.82, 2.24) is 0 Å². The summed E-state index contributed by atoms with van der Waals surface area (Å²) in [5.74, 6) is -4.22. The van der Waals surface area contributed by atoms with Crippen LogP contribution in [0.4, 0.5) is 25.8 Å². The first-order valence-electron chi connectivity index (χ1n) is 7.55. The fraction of sp³-hybridized carbons (Fsp3) is 0.176. The van der Waals surface area contributed by atoms with Crippen molar-refractivity contribution in [3.05, 3.63) is 57.6 Å². The van der Waals surface area contributed by atoms with Crippen LogP contribution in [0.1, 0.15) is 17.3 Å². The van der Waals surface area contributed by atoms with Crippen molar-refractivity contribution in [3.63, 3.8) is 0 Å². The number of anilines is 2. The maximum absolute atomic E-state index is 14.0. The Hall–Kier alpha value is -3.56. The highest BCUT2D eigenvalue weighted by atomic mass is 19.1. The predicted molar refractivity (Wildman–Crippen MR) is 93.0 cm³/mol. The van der Waals surface area contributed by atoms with Crippen molar-refractivity contribution in [2.75, 3.05) is 24.3 Å². The van der Waals surface area contributed by atoms with Gasteiger partial charge in [0.05, 0.1) is 10.5 Å².